The van der Waals surface area contributed by atoms with Crippen LogP contribution >= 0.6 is 15.9 Å². The monoisotopic (exact) mass is 500 g/mol. The Hall–Kier alpha value is -2.64. The number of hydrogen-bond acceptors (Lipinski definition) is 5. The summed E-state index contributed by atoms with van der Waals surface area (Å²) in [5.41, 5.74) is 2.16. The number of likely N-dealkylation sites (N-methyl/N-ethyl adjacent to an activating group) is 1. The number of hydrogen-bond donors (Lipinski definition) is 1. The van der Waals surface area contributed by atoms with Gasteiger partial charge in [-0.05, 0) is 43.8 Å². The van der Waals surface area contributed by atoms with Gasteiger partial charge in [0.2, 0.25) is 0 Å². The Bertz CT molecular complexity index is 1050. The summed E-state index contributed by atoms with van der Waals surface area (Å²) >= 11 is 3.46. The van der Waals surface area contributed by atoms with E-state index in [1.165, 1.54) is 0 Å². The maximum atomic E-state index is 13.2. The molecule has 1 atom stereocenters. The lowest BCUT2D eigenvalue weighted by Gasteiger charge is -2.29. The Kier molecular flexibility index (Phi) is 7.74. The molecule has 7 heteroatoms. The van der Waals surface area contributed by atoms with Gasteiger partial charge in [0.1, 0.15) is 11.5 Å². The van der Waals surface area contributed by atoms with Crippen LogP contribution in [0.15, 0.2) is 52.5 Å². The molecular weight excluding hydrogens is 472 g/mol. The van der Waals surface area contributed by atoms with Gasteiger partial charge in [-0.3, -0.25) is 9.59 Å². The first-order valence-electron chi connectivity index (χ1n) is 10.7. The number of aliphatic hydroxyl groups is 1. The molecule has 32 heavy (non-hydrogen) atoms. The summed E-state index contributed by atoms with van der Waals surface area (Å²) in [6, 6.07) is 11.9. The normalized spacial score (nSPS) is 17.9. The maximum Gasteiger partial charge on any atom is 0.295 e. The van der Waals surface area contributed by atoms with E-state index >= 15 is 0 Å². The van der Waals surface area contributed by atoms with Crippen molar-refractivity contribution < 1.29 is 19.4 Å². The molecule has 0 aromatic heterocycles. The van der Waals surface area contributed by atoms with Gasteiger partial charge in [-0.25, -0.2) is 0 Å². The van der Waals surface area contributed by atoms with Crippen molar-refractivity contribution in [2.75, 3.05) is 33.3 Å². The van der Waals surface area contributed by atoms with Crippen LogP contribution in [0.25, 0.3) is 5.76 Å². The number of carbonyl (C=O) groups excluding carboxylic acids is 2. The third-order valence-electron chi connectivity index (χ3n) is 5.96. The Morgan fingerprint density at radius 3 is 2.47 bits per heavy atom. The van der Waals surface area contributed by atoms with E-state index in [2.05, 4.69) is 34.7 Å². The maximum absolute atomic E-state index is 13.2. The standard InChI is InChI=1S/C25H29BrN2O4/c1-5-27(6-2)13-14-28-22(18-9-7-8-10-20(18)32-4)21(24(30)25(28)31)23(29)17-11-12-19(26)16(3)15-17/h7-12,15,22,29H,5-6,13-14H2,1-4H3/b23-21+. The average Bonchev–Trinajstić information content (AvgIpc) is 3.05. The van der Waals surface area contributed by atoms with Crippen LogP contribution in [-0.4, -0.2) is 59.9 Å². The lowest BCUT2D eigenvalue weighted by atomic mass is 9.94. The summed E-state index contributed by atoms with van der Waals surface area (Å²) in [6.07, 6.45) is 0. The van der Waals surface area contributed by atoms with Crippen molar-refractivity contribution in [1.29, 1.82) is 0 Å². The SMILES string of the molecule is CCN(CC)CCN1C(=O)C(=O)/C(=C(/O)c2ccc(Br)c(C)c2)C1c1ccccc1OC. The molecule has 0 radical (unpaired) electrons. The molecule has 1 aliphatic rings. The Morgan fingerprint density at radius 1 is 1.16 bits per heavy atom. The molecule has 1 N–H and O–H groups in total. The van der Waals surface area contributed by atoms with Gasteiger partial charge in [0.05, 0.1) is 18.7 Å². The van der Waals surface area contributed by atoms with Gasteiger partial charge in [0.25, 0.3) is 11.7 Å². The van der Waals surface area contributed by atoms with E-state index in [-0.39, 0.29) is 11.3 Å². The zero-order valence-electron chi connectivity index (χ0n) is 18.9. The number of carbonyl (C=O) groups is 2. The Labute approximate surface area is 197 Å². The van der Waals surface area contributed by atoms with Gasteiger partial charge in [-0.15, -0.1) is 0 Å². The smallest absolute Gasteiger partial charge is 0.295 e. The molecule has 1 fully saturated rings. The molecule has 1 heterocycles. The molecule has 0 aliphatic carbocycles. The quantitative estimate of drug-likeness (QED) is 0.327. The van der Waals surface area contributed by atoms with Crippen LogP contribution in [0.3, 0.4) is 0 Å². The number of rotatable bonds is 8. The molecule has 2 aromatic rings. The van der Waals surface area contributed by atoms with Gasteiger partial charge in [0.15, 0.2) is 0 Å². The predicted octanol–water partition coefficient (Wildman–Crippen LogP) is 4.53. The van der Waals surface area contributed by atoms with Crippen molar-refractivity contribution in [2.45, 2.75) is 26.8 Å². The second kappa shape index (κ2) is 10.3. The van der Waals surface area contributed by atoms with E-state index in [1.54, 1.807) is 30.2 Å². The molecule has 2 aromatic carbocycles. The number of ketones is 1. The van der Waals surface area contributed by atoms with Crippen LogP contribution in [0, 0.1) is 6.92 Å². The number of likely N-dealkylation sites (tertiary alicyclic amines) is 1. The molecule has 3 rings (SSSR count). The number of ether oxygens (including phenoxy) is 1. The van der Waals surface area contributed by atoms with Crippen LogP contribution < -0.4 is 4.74 Å². The van der Waals surface area contributed by atoms with Gasteiger partial charge in [-0.1, -0.05) is 54.0 Å². The number of nitrogens with zero attached hydrogens (tertiary/aromatic N) is 2. The number of aryl methyl sites for hydroxylation is 1. The van der Waals surface area contributed by atoms with Gasteiger partial charge in [0, 0.05) is 28.7 Å². The van der Waals surface area contributed by atoms with Crippen molar-refractivity contribution in [2.24, 2.45) is 0 Å². The summed E-state index contributed by atoms with van der Waals surface area (Å²) in [5.74, 6) is -0.910. The van der Waals surface area contributed by atoms with E-state index in [9.17, 15) is 14.7 Å². The molecule has 0 bridgehead atoms. The van der Waals surface area contributed by atoms with Crippen molar-refractivity contribution in [1.82, 2.24) is 9.80 Å². The Morgan fingerprint density at radius 2 is 1.84 bits per heavy atom. The number of aliphatic hydroxyl groups excluding tert-OH is 1. The van der Waals surface area contributed by atoms with E-state index in [4.69, 9.17) is 4.74 Å². The number of halogens is 1. The number of para-hydroxylation sites is 1. The van der Waals surface area contributed by atoms with Crippen molar-refractivity contribution in [3.63, 3.8) is 0 Å². The highest BCUT2D eigenvalue weighted by Gasteiger charge is 2.46. The third kappa shape index (κ3) is 4.59. The highest BCUT2D eigenvalue weighted by Crippen LogP contribution is 2.42. The zero-order chi connectivity index (χ0) is 23.4. The lowest BCUT2D eigenvalue weighted by Crippen LogP contribution is -2.38. The second-order valence-corrected chi connectivity index (χ2v) is 8.58. The van der Waals surface area contributed by atoms with Gasteiger partial charge < -0.3 is 19.6 Å². The van der Waals surface area contributed by atoms with Crippen LogP contribution in [0.2, 0.25) is 0 Å². The predicted molar refractivity (Wildman–Crippen MR) is 129 cm³/mol. The topological polar surface area (TPSA) is 70.1 Å². The molecule has 1 saturated heterocycles. The molecule has 6 nitrogen and oxygen atoms in total. The van der Waals surface area contributed by atoms with Crippen molar-refractivity contribution in [3.05, 3.63) is 69.2 Å². The molecule has 1 aliphatic heterocycles. The number of amides is 1. The average molecular weight is 501 g/mol. The molecule has 170 valence electrons. The van der Waals surface area contributed by atoms with Crippen LogP contribution in [0.4, 0.5) is 0 Å². The number of methoxy groups -OCH3 is 1. The molecule has 1 unspecified atom stereocenters. The summed E-state index contributed by atoms with van der Waals surface area (Å²) in [4.78, 5) is 30.0. The fourth-order valence-corrected chi connectivity index (χ4v) is 4.31. The molecule has 0 saturated carbocycles. The largest absolute Gasteiger partial charge is 0.507 e. The summed E-state index contributed by atoms with van der Waals surface area (Å²) < 4.78 is 6.44. The Balaban J connectivity index is 2.16. The minimum atomic E-state index is -0.731. The summed E-state index contributed by atoms with van der Waals surface area (Å²) in [6.45, 7) is 8.71. The molecule has 0 spiro atoms. The van der Waals surface area contributed by atoms with Crippen molar-refractivity contribution >= 4 is 33.4 Å². The second-order valence-electron chi connectivity index (χ2n) is 7.73. The minimum Gasteiger partial charge on any atom is -0.507 e. The first-order chi connectivity index (χ1) is 15.3. The number of benzene rings is 2. The first kappa shape index (κ1) is 24.0. The number of Topliss-reactive ketones (excluding diaryl/α,β-unsaturated/α-hetero) is 1. The minimum absolute atomic E-state index is 0.0840. The van der Waals surface area contributed by atoms with E-state index in [1.807, 2.05) is 31.2 Å². The lowest BCUT2D eigenvalue weighted by molar-refractivity contribution is -0.140. The zero-order valence-corrected chi connectivity index (χ0v) is 20.5. The summed E-state index contributed by atoms with van der Waals surface area (Å²) in [7, 11) is 1.55. The van der Waals surface area contributed by atoms with Crippen molar-refractivity contribution in [3.8, 4) is 5.75 Å². The fourth-order valence-electron chi connectivity index (χ4n) is 4.06. The first-order valence-corrected chi connectivity index (χ1v) is 11.5. The van der Waals surface area contributed by atoms with Gasteiger partial charge >= 0.3 is 0 Å². The highest BCUT2D eigenvalue weighted by atomic mass is 79.9. The van der Waals surface area contributed by atoms with Gasteiger partial charge in [-0.2, -0.15) is 0 Å². The fraction of sp³-hybridized carbons (Fsp3) is 0.360. The van der Waals surface area contributed by atoms with Crippen LogP contribution in [0.1, 0.15) is 36.6 Å². The van der Waals surface area contributed by atoms with Crippen LogP contribution in [0.5, 0.6) is 5.75 Å². The molecule has 1 amide bonds. The van der Waals surface area contributed by atoms with E-state index in [0.717, 1.165) is 23.1 Å². The van der Waals surface area contributed by atoms with E-state index < -0.39 is 17.7 Å². The van der Waals surface area contributed by atoms with E-state index in [0.29, 0.717) is 30.0 Å². The van der Waals surface area contributed by atoms with Crippen LogP contribution in [-0.2, 0) is 9.59 Å². The summed E-state index contributed by atoms with van der Waals surface area (Å²) in [5, 5.41) is 11.2. The third-order valence-corrected chi connectivity index (χ3v) is 6.85. The highest BCUT2D eigenvalue weighted by molar-refractivity contribution is 9.10. The molecular formula is C25H29BrN2O4.